The van der Waals surface area contributed by atoms with Crippen LogP contribution in [0.5, 0.6) is 11.5 Å². The lowest BCUT2D eigenvalue weighted by molar-refractivity contribution is -0.118. The van der Waals surface area contributed by atoms with E-state index in [4.69, 9.17) is 4.74 Å². The quantitative estimate of drug-likeness (QED) is 0.114. The van der Waals surface area contributed by atoms with E-state index in [1.54, 1.807) is 13.2 Å². The number of phenols is 1. The average Bonchev–Trinajstić information content (AvgIpc) is 3.30. The van der Waals surface area contributed by atoms with Crippen LogP contribution in [0.3, 0.4) is 0 Å². The van der Waals surface area contributed by atoms with Crippen LogP contribution < -0.4 is 10.2 Å². The van der Waals surface area contributed by atoms with Crippen molar-refractivity contribution in [2.75, 3.05) is 12.9 Å². The van der Waals surface area contributed by atoms with Crippen molar-refractivity contribution in [3.05, 3.63) is 79.4 Å². The van der Waals surface area contributed by atoms with Gasteiger partial charge < -0.3 is 9.84 Å². The maximum atomic E-state index is 12.4. The average molecular weight is 711 g/mol. The Kier molecular flexibility index (Phi) is 8.62. The predicted molar refractivity (Wildman–Crippen MR) is 153 cm³/mol. The van der Waals surface area contributed by atoms with Gasteiger partial charge in [0.2, 0.25) is 0 Å². The summed E-state index contributed by atoms with van der Waals surface area (Å²) < 4.78 is 8.85. The number of hydrazone groups is 1. The summed E-state index contributed by atoms with van der Waals surface area (Å²) in [6, 6.07) is 20.9. The van der Waals surface area contributed by atoms with Crippen molar-refractivity contribution in [3.8, 4) is 28.6 Å². The van der Waals surface area contributed by atoms with Gasteiger partial charge in [-0.3, -0.25) is 9.36 Å². The van der Waals surface area contributed by atoms with Crippen molar-refractivity contribution in [2.24, 2.45) is 5.10 Å². The van der Waals surface area contributed by atoms with E-state index in [0.29, 0.717) is 20.1 Å². The number of methoxy groups -OCH3 is 1. The molecule has 1 amide bonds. The van der Waals surface area contributed by atoms with Gasteiger partial charge in [-0.25, -0.2) is 5.43 Å². The molecule has 4 rings (SSSR count). The zero-order valence-electron chi connectivity index (χ0n) is 18.4. The van der Waals surface area contributed by atoms with Gasteiger partial charge in [0.15, 0.2) is 11.0 Å². The van der Waals surface area contributed by atoms with E-state index in [1.165, 1.54) is 18.0 Å². The second-order valence-electron chi connectivity index (χ2n) is 7.11. The molecular weight excluding hydrogens is 692 g/mol. The van der Waals surface area contributed by atoms with Gasteiger partial charge in [-0.15, -0.1) is 10.2 Å². The van der Waals surface area contributed by atoms with Crippen molar-refractivity contribution in [1.82, 2.24) is 20.2 Å². The highest BCUT2D eigenvalue weighted by Gasteiger charge is 2.17. The number of nitrogens with one attached hydrogen (secondary N) is 1. The fraction of sp³-hybridized carbons (Fsp3) is 0.0833. The number of phenolic OH excluding ortho intramolecular Hbond substituents is 1. The minimum absolute atomic E-state index is 0.0796. The van der Waals surface area contributed by atoms with Crippen LogP contribution in [-0.2, 0) is 4.79 Å². The maximum Gasteiger partial charge on any atom is 0.250 e. The van der Waals surface area contributed by atoms with Crippen LogP contribution >= 0.6 is 56.9 Å². The number of aromatic hydroxyl groups is 1. The summed E-state index contributed by atoms with van der Waals surface area (Å²) in [7, 11) is 1.62. The Morgan fingerprint density at radius 1 is 1.14 bits per heavy atom. The van der Waals surface area contributed by atoms with Gasteiger partial charge in [0, 0.05) is 20.4 Å². The number of thioether (sulfide) groups is 1. The highest BCUT2D eigenvalue weighted by Crippen LogP contribution is 2.29. The summed E-state index contributed by atoms with van der Waals surface area (Å²) in [5.41, 5.74) is 4.78. The van der Waals surface area contributed by atoms with Crippen LogP contribution in [0, 0.1) is 7.14 Å². The topological polar surface area (TPSA) is 102 Å². The fourth-order valence-corrected chi connectivity index (χ4v) is 5.76. The van der Waals surface area contributed by atoms with Crippen molar-refractivity contribution in [2.45, 2.75) is 5.16 Å². The number of carbonyl (C=O) groups excluding carboxylic acids is 1. The van der Waals surface area contributed by atoms with Gasteiger partial charge in [-0.1, -0.05) is 42.1 Å². The number of benzene rings is 3. The van der Waals surface area contributed by atoms with Gasteiger partial charge in [0.1, 0.15) is 11.5 Å². The molecule has 0 spiro atoms. The number of halogens is 2. The Morgan fingerprint density at radius 2 is 1.89 bits per heavy atom. The first-order valence-corrected chi connectivity index (χ1v) is 13.4. The van der Waals surface area contributed by atoms with Gasteiger partial charge >= 0.3 is 0 Å². The number of nitrogens with zero attached hydrogens (tertiary/aromatic N) is 4. The zero-order valence-corrected chi connectivity index (χ0v) is 23.5. The monoisotopic (exact) mass is 711 g/mol. The second kappa shape index (κ2) is 11.9. The molecule has 0 unspecified atom stereocenters. The molecule has 11 heteroatoms. The van der Waals surface area contributed by atoms with Crippen LogP contribution in [0.25, 0.3) is 17.1 Å². The number of amides is 1. The van der Waals surface area contributed by atoms with Crippen LogP contribution in [0.1, 0.15) is 5.56 Å². The third kappa shape index (κ3) is 6.32. The third-order valence-electron chi connectivity index (χ3n) is 4.78. The van der Waals surface area contributed by atoms with E-state index in [1.807, 2.05) is 87.8 Å². The molecule has 35 heavy (non-hydrogen) atoms. The molecule has 2 N–H and O–H groups in total. The smallest absolute Gasteiger partial charge is 0.250 e. The second-order valence-corrected chi connectivity index (χ2v) is 10.5. The summed E-state index contributed by atoms with van der Waals surface area (Å²) in [5, 5.41) is 23.4. The van der Waals surface area contributed by atoms with E-state index in [9.17, 15) is 9.90 Å². The minimum atomic E-state index is -0.309. The van der Waals surface area contributed by atoms with E-state index >= 15 is 0 Å². The van der Waals surface area contributed by atoms with E-state index < -0.39 is 0 Å². The van der Waals surface area contributed by atoms with Crippen molar-refractivity contribution in [1.29, 1.82) is 0 Å². The van der Waals surface area contributed by atoms with Crippen LogP contribution in [0.4, 0.5) is 0 Å². The maximum absolute atomic E-state index is 12.4. The molecule has 178 valence electrons. The number of carbonyl (C=O) groups is 1. The SMILES string of the molecule is COc1ccc(-n2c(SCC(=O)N/N=C\c3cc(I)cc(I)c3O)nnc2-c2ccccc2)cc1. The highest BCUT2D eigenvalue weighted by atomic mass is 127. The Morgan fingerprint density at radius 3 is 2.60 bits per heavy atom. The summed E-state index contributed by atoms with van der Waals surface area (Å²) in [6.07, 6.45) is 1.43. The van der Waals surface area contributed by atoms with Crippen LogP contribution in [0.15, 0.2) is 77.0 Å². The summed E-state index contributed by atoms with van der Waals surface area (Å²) in [4.78, 5) is 12.4. The molecule has 1 aromatic heterocycles. The fourth-order valence-electron chi connectivity index (χ4n) is 3.12. The van der Waals surface area contributed by atoms with Crippen LogP contribution in [0.2, 0.25) is 0 Å². The minimum Gasteiger partial charge on any atom is -0.506 e. The number of hydrogen-bond acceptors (Lipinski definition) is 7. The Labute approximate surface area is 233 Å². The number of aromatic nitrogens is 3. The molecular formula is C24H19I2N5O3S. The number of ether oxygens (including phenoxy) is 1. The number of hydrogen-bond donors (Lipinski definition) is 2. The first kappa shape index (κ1) is 25.4. The van der Waals surface area contributed by atoms with Crippen LogP contribution in [-0.4, -0.2) is 44.9 Å². The predicted octanol–water partition coefficient (Wildman–Crippen LogP) is 5.10. The molecule has 0 aliphatic heterocycles. The molecule has 8 nitrogen and oxygen atoms in total. The zero-order chi connectivity index (χ0) is 24.8. The lowest BCUT2D eigenvalue weighted by Gasteiger charge is -2.11. The van der Waals surface area contributed by atoms with Gasteiger partial charge in [0.05, 0.1) is 22.6 Å². The van der Waals surface area contributed by atoms with E-state index in [-0.39, 0.29) is 17.4 Å². The molecule has 0 saturated heterocycles. The standard InChI is InChI=1S/C24H19I2N5O3S/c1-34-19-9-7-18(8-10-19)31-23(15-5-3-2-4-6-15)29-30-24(31)35-14-21(32)28-27-13-16-11-17(25)12-20(26)22(16)33/h2-13,33H,14H2,1H3,(H,28,32)/b27-13-. The first-order chi connectivity index (χ1) is 17.0. The lowest BCUT2D eigenvalue weighted by atomic mass is 10.2. The molecule has 0 saturated carbocycles. The highest BCUT2D eigenvalue weighted by molar-refractivity contribution is 14.1. The van der Waals surface area contributed by atoms with E-state index in [0.717, 1.165) is 20.6 Å². The molecule has 4 aromatic rings. The molecule has 0 fully saturated rings. The molecule has 3 aromatic carbocycles. The Bertz CT molecular complexity index is 1360. The third-order valence-corrected chi connectivity index (χ3v) is 7.15. The molecule has 0 atom stereocenters. The largest absolute Gasteiger partial charge is 0.506 e. The van der Waals surface area contributed by atoms with E-state index in [2.05, 4.69) is 43.3 Å². The van der Waals surface area contributed by atoms with Gasteiger partial charge in [-0.05, 0) is 81.6 Å². The molecule has 0 bridgehead atoms. The first-order valence-electron chi connectivity index (χ1n) is 10.2. The summed E-state index contributed by atoms with van der Waals surface area (Å²) in [6.45, 7) is 0. The Hall–Kier alpha value is -2.65. The molecule has 0 radical (unpaired) electrons. The van der Waals surface area contributed by atoms with Crippen molar-refractivity contribution < 1.29 is 14.6 Å². The van der Waals surface area contributed by atoms with Gasteiger partial charge in [-0.2, -0.15) is 5.10 Å². The van der Waals surface area contributed by atoms with Gasteiger partial charge in [0.25, 0.3) is 5.91 Å². The lowest BCUT2D eigenvalue weighted by Crippen LogP contribution is -2.20. The molecule has 1 heterocycles. The summed E-state index contributed by atoms with van der Waals surface area (Å²) in [5.74, 6) is 1.30. The summed E-state index contributed by atoms with van der Waals surface area (Å²) >= 11 is 5.46. The Balaban J connectivity index is 1.51. The van der Waals surface area contributed by atoms with Crippen molar-refractivity contribution in [3.63, 3.8) is 0 Å². The number of rotatable bonds is 8. The van der Waals surface area contributed by atoms with Crippen molar-refractivity contribution >= 4 is 69.1 Å². The molecule has 0 aliphatic rings. The molecule has 0 aliphatic carbocycles. The normalized spacial score (nSPS) is 11.1.